The molecule has 0 unspecified atom stereocenters. The number of halogens is 1. The Morgan fingerprint density at radius 3 is 3.00 bits per heavy atom. The van der Waals surface area contributed by atoms with E-state index in [0.29, 0.717) is 17.5 Å². The van der Waals surface area contributed by atoms with Gasteiger partial charge in [0.25, 0.3) is 0 Å². The summed E-state index contributed by atoms with van der Waals surface area (Å²) >= 11 is 5.91. The number of nitriles is 1. The van der Waals surface area contributed by atoms with Crippen molar-refractivity contribution in [3.63, 3.8) is 0 Å². The Bertz CT molecular complexity index is 512. The maximum Gasteiger partial charge on any atom is 0.213 e. The Labute approximate surface area is 91.8 Å². The van der Waals surface area contributed by atoms with Crippen molar-refractivity contribution >= 4 is 11.6 Å². The van der Waals surface area contributed by atoms with Crippen LogP contribution in [0.5, 0.6) is 0 Å². The molecule has 4 nitrogen and oxygen atoms in total. The summed E-state index contributed by atoms with van der Waals surface area (Å²) in [6.45, 7) is 0.509. The Hall–Kier alpha value is -1.86. The van der Waals surface area contributed by atoms with E-state index in [4.69, 9.17) is 16.9 Å². The number of imidazole rings is 1. The predicted octanol–water partition coefficient (Wildman–Crippen LogP) is 1.85. The lowest BCUT2D eigenvalue weighted by atomic mass is 10.3. The van der Waals surface area contributed by atoms with Gasteiger partial charge in [0.1, 0.15) is 11.2 Å². The first-order chi connectivity index (χ1) is 7.31. The predicted molar refractivity (Wildman–Crippen MR) is 55.3 cm³/mol. The van der Waals surface area contributed by atoms with E-state index in [2.05, 4.69) is 9.97 Å². The van der Waals surface area contributed by atoms with Crippen LogP contribution in [0.4, 0.5) is 0 Å². The standard InChI is InChI=1S/C10H7ClN4/c11-10-8(2-1-3-14-10)7-15-5-4-13-9(15)6-12/h1-5H,7H2. The first-order valence-corrected chi connectivity index (χ1v) is 4.69. The van der Waals surface area contributed by atoms with Gasteiger partial charge in [0.15, 0.2) is 0 Å². The molecule has 2 aromatic rings. The molecule has 0 saturated carbocycles. The van der Waals surface area contributed by atoms with Gasteiger partial charge in [-0.05, 0) is 6.07 Å². The van der Waals surface area contributed by atoms with Gasteiger partial charge in [0, 0.05) is 24.2 Å². The quantitative estimate of drug-likeness (QED) is 0.723. The molecule has 0 N–H and O–H groups in total. The van der Waals surface area contributed by atoms with Crippen molar-refractivity contribution in [2.45, 2.75) is 6.54 Å². The molecule has 15 heavy (non-hydrogen) atoms. The van der Waals surface area contributed by atoms with Gasteiger partial charge in [0.2, 0.25) is 5.82 Å². The minimum absolute atomic E-state index is 0.370. The van der Waals surface area contributed by atoms with Gasteiger partial charge >= 0.3 is 0 Å². The molecule has 5 heteroatoms. The molecule has 0 spiro atoms. The van der Waals surface area contributed by atoms with Gasteiger partial charge in [-0.15, -0.1) is 0 Å². The molecule has 0 aromatic carbocycles. The summed E-state index contributed by atoms with van der Waals surface area (Å²) in [7, 11) is 0. The van der Waals surface area contributed by atoms with E-state index >= 15 is 0 Å². The molecule has 0 saturated heterocycles. The minimum Gasteiger partial charge on any atom is -0.318 e. The molecule has 0 radical (unpaired) electrons. The Kier molecular flexibility index (Phi) is 2.66. The normalized spacial score (nSPS) is 9.87. The lowest BCUT2D eigenvalue weighted by Crippen LogP contribution is -2.02. The third kappa shape index (κ3) is 1.97. The largest absolute Gasteiger partial charge is 0.318 e. The Balaban J connectivity index is 2.31. The summed E-state index contributed by atoms with van der Waals surface area (Å²) in [6.07, 6.45) is 4.95. The van der Waals surface area contributed by atoms with Gasteiger partial charge in [-0.2, -0.15) is 5.26 Å². The van der Waals surface area contributed by atoms with Crippen LogP contribution in [0.15, 0.2) is 30.7 Å². The number of hydrogen-bond acceptors (Lipinski definition) is 3. The van der Waals surface area contributed by atoms with E-state index < -0.39 is 0 Å². The highest BCUT2D eigenvalue weighted by Gasteiger charge is 2.05. The van der Waals surface area contributed by atoms with Crippen LogP contribution < -0.4 is 0 Å². The van der Waals surface area contributed by atoms with Crippen LogP contribution in [-0.2, 0) is 6.54 Å². The molecular formula is C10H7ClN4. The maximum atomic E-state index is 8.77. The molecule has 0 aliphatic rings. The summed E-state index contributed by atoms with van der Waals surface area (Å²) in [5.74, 6) is 0.370. The van der Waals surface area contributed by atoms with Crippen molar-refractivity contribution < 1.29 is 0 Å². The summed E-state index contributed by atoms with van der Waals surface area (Å²) < 4.78 is 1.73. The molecule has 2 rings (SSSR count). The van der Waals surface area contributed by atoms with Crippen LogP contribution in [0.25, 0.3) is 0 Å². The molecule has 2 heterocycles. The molecule has 0 aliphatic carbocycles. The Morgan fingerprint density at radius 1 is 1.40 bits per heavy atom. The summed E-state index contributed by atoms with van der Waals surface area (Å²) in [5, 5.41) is 9.23. The van der Waals surface area contributed by atoms with Crippen LogP contribution in [0.2, 0.25) is 5.15 Å². The van der Waals surface area contributed by atoms with Gasteiger partial charge < -0.3 is 4.57 Å². The van der Waals surface area contributed by atoms with Crippen LogP contribution in [0, 0.1) is 11.3 Å². The lowest BCUT2D eigenvalue weighted by molar-refractivity contribution is 0.779. The molecular weight excluding hydrogens is 212 g/mol. The van der Waals surface area contributed by atoms with Crippen molar-refractivity contribution in [1.82, 2.24) is 14.5 Å². The van der Waals surface area contributed by atoms with Crippen molar-refractivity contribution in [1.29, 1.82) is 5.26 Å². The highest BCUT2D eigenvalue weighted by Crippen LogP contribution is 2.13. The van der Waals surface area contributed by atoms with E-state index in [9.17, 15) is 0 Å². The van der Waals surface area contributed by atoms with E-state index in [1.54, 1.807) is 23.2 Å². The number of aromatic nitrogens is 3. The van der Waals surface area contributed by atoms with Crippen LogP contribution in [0.3, 0.4) is 0 Å². The van der Waals surface area contributed by atoms with Crippen LogP contribution in [-0.4, -0.2) is 14.5 Å². The molecule has 2 aromatic heterocycles. The molecule has 74 valence electrons. The number of hydrogen-bond donors (Lipinski definition) is 0. The average molecular weight is 219 g/mol. The number of nitrogens with zero attached hydrogens (tertiary/aromatic N) is 4. The summed E-state index contributed by atoms with van der Waals surface area (Å²) in [6, 6.07) is 5.68. The molecule has 0 bridgehead atoms. The zero-order chi connectivity index (χ0) is 10.7. The number of rotatable bonds is 2. The zero-order valence-electron chi connectivity index (χ0n) is 7.76. The second-order valence-electron chi connectivity index (χ2n) is 2.94. The van der Waals surface area contributed by atoms with E-state index in [1.807, 2.05) is 18.2 Å². The minimum atomic E-state index is 0.370. The first kappa shape index (κ1) is 9.69. The van der Waals surface area contributed by atoms with E-state index in [0.717, 1.165) is 5.56 Å². The van der Waals surface area contributed by atoms with Crippen molar-refractivity contribution in [3.05, 3.63) is 47.3 Å². The maximum absolute atomic E-state index is 8.77. The third-order valence-electron chi connectivity index (χ3n) is 1.99. The van der Waals surface area contributed by atoms with Crippen molar-refractivity contribution in [2.24, 2.45) is 0 Å². The fourth-order valence-corrected chi connectivity index (χ4v) is 1.45. The Morgan fingerprint density at radius 2 is 2.27 bits per heavy atom. The highest BCUT2D eigenvalue weighted by atomic mass is 35.5. The van der Waals surface area contributed by atoms with Gasteiger partial charge in [0.05, 0.1) is 6.54 Å². The smallest absolute Gasteiger partial charge is 0.213 e. The van der Waals surface area contributed by atoms with Gasteiger partial charge in [-0.1, -0.05) is 17.7 Å². The summed E-state index contributed by atoms with van der Waals surface area (Å²) in [4.78, 5) is 7.86. The SMILES string of the molecule is N#Cc1nccn1Cc1cccnc1Cl. The van der Waals surface area contributed by atoms with E-state index in [-0.39, 0.29) is 0 Å². The van der Waals surface area contributed by atoms with E-state index in [1.165, 1.54) is 0 Å². The van der Waals surface area contributed by atoms with Gasteiger partial charge in [-0.25, -0.2) is 9.97 Å². The molecule has 0 fully saturated rings. The van der Waals surface area contributed by atoms with Crippen molar-refractivity contribution in [2.75, 3.05) is 0 Å². The second-order valence-corrected chi connectivity index (χ2v) is 3.30. The lowest BCUT2D eigenvalue weighted by Gasteiger charge is -2.04. The zero-order valence-corrected chi connectivity index (χ0v) is 8.52. The fraction of sp³-hybridized carbons (Fsp3) is 0.100. The molecule has 0 amide bonds. The number of pyridine rings is 1. The fourth-order valence-electron chi connectivity index (χ4n) is 1.27. The average Bonchev–Trinajstić information content (AvgIpc) is 2.69. The summed E-state index contributed by atoms with van der Waals surface area (Å²) in [5.41, 5.74) is 0.869. The van der Waals surface area contributed by atoms with Crippen LogP contribution in [0.1, 0.15) is 11.4 Å². The second kappa shape index (κ2) is 4.11. The first-order valence-electron chi connectivity index (χ1n) is 4.32. The third-order valence-corrected chi connectivity index (χ3v) is 2.33. The van der Waals surface area contributed by atoms with Gasteiger partial charge in [-0.3, -0.25) is 0 Å². The monoisotopic (exact) mass is 218 g/mol. The molecule has 0 aliphatic heterocycles. The van der Waals surface area contributed by atoms with Crippen LogP contribution >= 0.6 is 11.6 Å². The topological polar surface area (TPSA) is 54.5 Å². The van der Waals surface area contributed by atoms with Crippen molar-refractivity contribution in [3.8, 4) is 6.07 Å². The molecule has 0 atom stereocenters. The highest BCUT2D eigenvalue weighted by molar-refractivity contribution is 6.30.